The van der Waals surface area contributed by atoms with Crippen LogP contribution in [-0.2, 0) is 14.2 Å². The van der Waals surface area contributed by atoms with Crippen LogP contribution in [0.1, 0.15) is 27.7 Å². The van der Waals surface area contributed by atoms with Crippen LogP contribution >= 0.6 is 0 Å². The Bertz CT molecular complexity index is 978. The van der Waals surface area contributed by atoms with Gasteiger partial charge in [0.2, 0.25) is 0 Å². The number of amides is 2. The Morgan fingerprint density at radius 1 is 0.941 bits per heavy atom. The van der Waals surface area contributed by atoms with Gasteiger partial charge in [-0.25, -0.2) is 24.4 Å². The minimum atomic E-state index is -1.41. The van der Waals surface area contributed by atoms with Gasteiger partial charge in [0.1, 0.15) is 23.9 Å². The van der Waals surface area contributed by atoms with E-state index in [9.17, 15) is 29.6 Å². The first-order chi connectivity index (χ1) is 16.0. The van der Waals surface area contributed by atoms with Gasteiger partial charge in [-0.05, 0) is 39.8 Å². The second-order valence-electron chi connectivity index (χ2n) is 8.10. The van der Waals surface area contributed by atoms with Crippen LogP contribution in [0.3, 0.4) is 0 Å². The molecule has 3 aliphatic rings. The maximum Gasteiger partial charge on any atom is 0.514 e. The molecule has 13 nitrogen and oxygen atoms in total. The van der Waals surface area contributed by atoms with Gasteiger partial charge in [-0.15, -0.1) is 0 Å². The molecular weight excluding hydrogens is 454 g/mol. The second-order valence-corrected chi connectivity index (χ2v) is 8.10. The van der Waals surface area contributed by atoms with Gasteiger partial charge in [0.15, 0.2) is 6.10 Å². The topological polar surface area (TPSA) is 158 Å². The number of nitro benzene ring substituents is 1. The first kappa shape index (κ1) is 24.8. The molecule has 0 radical (unpaired) electrons. The highest BCUT2D eigenvalue weighted by atomic mass is 16.7. The number of nitrogens with zero attached hydrogens (tertiary/aromatic N) is 3. The van der Waals surface area contributed by atoms with Crippen LogP contribution in [0, 0.1) is 10.1 Å². The van der Waals surface area contributed by atoms with Crippen LogP contribution < -0.4 is 4.74 Å². The lowest BCUT2D eigenvalue weighted by atomic mass is 9.88. The SMILES string of the molecule is CC(C)OC(=O)N1C2C=CC(C(OC(=O)Oc3ccc([N+](=O)[O-])cc3)C2O)N1C(=O)OC(C)C. The molecule has 1 aromatic carbocycles. The van der Waals surface area contributed by atoms with Gasteiger partial charge in [0, 0.05) is 12.1 Å². The third kappa shape index (κ3) is 5.20. The van der Waals surface area contributed by atoms with E-state index in [1.165, 1.54) is 24.3 Å². The lowest BCUT2D eigenvalue weighted by Gasteiger charge is -2.53. The largest absolute Gasteiger partial charge is 0.514 e. The Morgan fingerprint density at radius 3 is 1.94 bits per heavy atom. The Hall–Kier alpha value is -3.87. The first-order valence-corrected chi connectivity index (χ1v) is 10.5. The van der Waals surface area contributed by atoms with Gasteiger partial charge in [0.25, 0.3) is 5.69 Å². The zero-order chi connectivity index (χ0) is 25.2. The number of nitro groups is 1. The number of hydrogen-bond donors (Lipinski definition) is 1. The van der Waals surface area contributed by atoms with Crippen LogP contribution in [0.2, 0.25) is 0 Å². The second kappa shape index (κ2) is 9.95. The molecule has 1 aliphatic carbocycles. The highest BCUT2D eigenvalue weighted by Crippen LogP contribution is 2.35. The lowest BCUT2D eigenvalue weighted by Crippen LogP contribution is -2.73. The fourth-order valence-electron chi connectivity index (χ4n) is 3.52. The van der Waals surface area contributed by atoms with Crippen molar-refractivity contribution < 1.29 is 43.4 Å². The smallest absolute Gasteiger partial charge is 0.445 e. The summed E-state index contributed by atoms with van der Waals surface area (Å²) in [6, 6.07) is 2.51. The molecule has 13 heteroatoms. The molecule has 0 spiro atoms. The van der Waals surface area contributed by atoms with Crippen molar-refractivity contribution in [3.8, 4) is 5.75 Å². The molecule has 1 fully saturated rings. The molecule has 2 amide bonds. The summed E-state index contributed by atoms with van der Waals surface area (Å²) in [5.41, 5.74) is -0.196. The predicted molar refractivity (Wildman–Crippen MR) is 114 cm³/mol. The molecule has 4 rings (SSSR count). The van der Waals surface area contributed by atoms with E-state index in [2.05, 4.69) is 0 Å². The van der Waals surface area contributed by atoms with E-state index < -0.39 is 59.8 Å². The lowest BCUT2D eigenvalue weighted by molar-refractivity contribution is -0.384. The van der Waals surface area contributed by atoms with Crippen molar-refractivity contribution in [2.24, 2.45) is 0 Å². The molecule has 4 unspecified atom stereocenters. The highest BCUT2D eigenvalue weighted by molar-refractivity contribution is 5.77. The van der Waals surface area contributed by atoms with Crippen molar-refractivity contribution in [3.05, 3.63) is 46.5 Å². The fourth-order valence-corrected chi connectivity index (χ4v) is 3.52. The highest BCUT2D eigenvalue weighted by Gasteiger charge is 2.56. The van der Waals surface area contributed by atoms with Crippen LogP contribution in [0.15, 0.2) is 36.4 Å². The van der Waals surface area contributed by atoms with E-state index in [0.29, 0.717) is 0 Å². The van der Waals surface area contributed by atoms with Gasteiger partial charge in [-0.2, -0.15) is 0 Å². The van der Waals surface area contributed by atoms with E-state index in [4.69, 9.17) is 18.9 Å². The minimum absolute atomic E-state index is 0.0280. The number of benzene rings is 1. The van der Waals surface area contributed by atoms with Crippen molar-refractivity contribution in [2.75, 3.05) is 0 Å². The number of fused-ring (bicyclic) bond motifs is 2. The summed E-state index contributed by atoms with van der Waals surface area (Å²) in [6.07, 6.45) is -3.74. The number of carbonyl (C=O) groups excluding carboxylic acids is 3. The number of rotatable bonds is 5. The molecule has 184 valence electrons. The van der Waals surface area contributed by atoms with Gasteiger partial charge in [-0.3, -0.25) is 10.1 Å². The molecule has 0 saturated carbocycles. The van der Waals surface area contributed by atoms with Gasteiger partial charge in [-0.1, -0.05) is 12.2 Å². The summed E-state index contributed by atoms with van der Waals surface area (Å²) in [4.78, 5) is 48.1. The Kier molecular flexibility index (Phi) is 7.25. The Balaban J connectivity index is 1.80. The van der Waals surface area contributed by atoms with E-state index in [1.807, 2.05) is 0 Å². The van der Waals surface area contributed by atoms with Crippen molar-refractivity contribution in [1.82, 2.24) is 10.0 Å². The zero-order valence-corrected chi connectivity index (χ0v) is 18.9. The number of hydrogen-bond acceptors (Lipinski definition) is 10. The summed E-state index contributed by atoms with van der Waals surface area (Å²) >= 11 is 0. The number of non-ortho nitro benzene ring substituents is 1. The van der Waals surface area contributed by atoms with Gasteiger partial charge in [0.05, 0.1) is 17.1 Å². The molecule has 0 aromatic heterocycles. The van der Waals surface area contributed by atoms with Gasteiger partial charge < -0.3 is 24.1 Å². The van der Waals surface area contributed by atoms with Crippen LogP contribution in [0.25, 0.3) is 0 Å². The summed E-state index contributed by atoms with van der Waals surface area (Å²) in [6.45, 7) is 6.50. The normalized spacial score (nSPS) is 23.1. The summed E-state index contributed by atoms with van der Waals surface area (Å²) in [7, 11) is 0. The fraction of sp³-hybridized carbons (Fsp3) is 0.476. The number of aliphatic hydroxyl groups is 1. The van der Waals surface area contributed by atoms with Gasteiger partial charge >= 0.3 is 18.3 Å². The zero-order valence-electron chi connectivity index (χ0n) is 18.9. The number of hydrazine groups is 1. The van der Waals surface area contributed by atoms with Crippen LogP contribution in [0.5, 0.6) is 5.75 Å². The molecule has 1 aromatic rings. The minimum Gasteiger partial charge on any atom is -0.445 e. The molecule has 34 heavy (non-hydrogen) atoms. The first-order valence-electron chi connectivity index (χ1n) is 10.5. The predicted octanol–water partition coefficient (Wildman–Crippen LogP) is 2.77. The molecule has 2 heterocycles. The average molecular weight is 479 g/mol. The van der Waals surface area contributed by atoms with Crippen molar-refractivity contribution in [2.45, 2.75) is 64.2 Å². The molecule has 1 saturated heterocycles. The van der Waals surface area contributed by atoms with Crippen molar-refractivity contribution in [3.63, 3.8) is 0 Å². The summed E-state index contributed by atoms with van der Waals surface area (Å²) < 4.78 is 20.8. The third-order valence-electron chi connectivity index (χ3n) is 4.85. The van der Waals surface area contributed by atoms with E-state index in [0.717, 1.165) is 22.2 Å². The molecule has 2 bridgehead atoms. The van der Waals surface area contributed by atoms with Crippen molar-refractivity contribution in [1.29, 1.82) is 0 Å². The maximum absolute atomic E-state index is 12.8. The summed E-state index contributed by atoms with van der Waals surface area (Å²) in [5, 5.41) is 23.4. The standard InChI is InChI=1S/C21H25N3O10/c1-11(2)31-19(26)22-15-9-10-16(23(22)20(27)32-12(3)4)18(17(15)25)34-21(28)33-14-7-5-13(6-8-14)24(29)30/h5-12,15-18,25H,1-4H3. The molecule has 1 N–H and O–H groups in total. The monoisotopic (exact) mass is 479 g/mol. The molecule has 2 aliphatic heterocycles. The quantitative estimate of drug-likeness (QED) is 0.166. The number of ether oxygens (including phenoxy) is 4. The average Bonchev–Trinajstić information content (AvgIpc) is 2.74. The Labute approximate surface area is 194 Å². The summed E-state index contributed by atoms with van der Waals surface area (Å²) in [5.74, 6) is -0.0280. The third-order valence-corrected chi connectivity index (χ3v) is 4.85. The van der Waals surface area contributed by atoms with E-state index in [1.54, 1.807) is 27.7 Å². The number of carbonyl (C=O) groups is 3. The Morgan fingerprint density at radius 2 is 1.44 bits per heavy atom. The van der Waals surface area contributed by atoms with E-state index in [-0.39, 0.29) is 11.4 Å². The number of aliphatic hydroxyl groups excluding tert-OH is 1. The van der Waals surface area contributed by atoms with Crippen LogP contribution in [0.4, 0.5) is 20.1 Å². The maximum atomic E-state index is 12.8. The van der Waals surface area contributed by atoms with Crippen molar-refractivity contribution >= 4 is 24.0 Å². The molecule has 4 atom stereocenters. The van der Waals surface area contributed by atoms with Crippen LogP contribution in [-0.4, -0.2) is 74.9 Å². The van der Waals surface area contributed by atoms with E-state index >= 15 is 0 Å². The molecular formula is C21H25N3O10.